The average Bonchev–Trinajstić information content (AvgIpc) is 3.30. The van der Waals surface area contributed by atoms with E-state index in [1.54, 1.807) is 12.1 Å². The first-order chi connectivity index (χ1) is 14.9. The first-order valence-corrected chi connectivity index (χ1v) is 10.0. The van der Waals surface area contributed by atoms with Crippen LogP contribution in [-0.4, -0.2) is 33.9 Å². The van der Waals surface area contributed by atoms with Crippen LogP contribution in [0.5, 0.6) is 0 Å². The molecule has 2 aromatic carbocycles. The molecule has 31 heavy (non-hydrogen) atoms. The number of urea groups is 1. The second kappa shape index (κ2) is 8.57. The van der Waals surface area contributed by atoms with Crippen LogP contribution in [0.1, 0.15) is 5.69 Å². The highest BCUT2D eigenvalue weighted by Crippen LogP contribution is 2.21. The van der Waals surface area contributed by atoms with Gasteiger partial charge in [-0.2, -0.15) is 0 Å². The van der Waals surface area contributed by atoms with E-state index in [9.17, 15) is 18.8 Å². The highest BCUT2D eigenvalue weighted by atomic mass is 79.9. The molecule has 1 saturated heterocycles. The van der Waals surface area contributed by atoms with E-state index in [2.05, 4.69) is 26.6 Å². The number of anilines is 1. The normalized spacial score (nSPS) is 14.8. The van der Waals surface area contributed by atoms with E-state index in [1.807, 2.05) is 41.1 Å². The topological polar surface area (TPSA) is 83.4 Å². The lowest BCUT2D eigenvalue weighted by Crippen LogP contribution is -2.38. The van der Waals surface area contributed by atoms with E-state index in [0.717, 1.165) is 15.1 Å². The molecule has 0 spiro atoms. The summed E-state index contributed by atoms with van der Waals surface area (Å²) in [6, 6.07) is 15.7. The summed E-state index contributed by atoms with van der Waals surface area (Å²) in [5.74, 6) is -1.62. The molecule has 1 aliphatic rings. The molecule has 0 radical (unpaired) electrons. The molecule has 156 valence electrons. The minimum Gasteiger partial charge on any atom is -0.325 e. The van der Waals surface area contributed by atoms with Crippen molar-refractivity contribution < 1.29 is 18.8 Å². The number of carbonyl (C=O) groups excluding carboxylic acids is 3. The highest BCUT2D eigenvalue weighted by Gasteiger charge is 2.35. The van der Waals surface area contributed by atoms with Crippen molar-refractivity contribution in [2.45, 2.75) is 0 Å². The van der Waals surface area contributed by atoms with E-state index in [1.165, 1.54) is 24.3 Å². The van der Waals surface area contributed by atoms with Crippen molar-refractivity contribution in [1.82, 2.24) is 14.8 Å². The summed E-state index contributed by atoms with van der Waals surface area (Å²) in [6.07, 6.45) is 3.39. The number of amides is 4. The van der Waals surface area contributed by atoms with Gasteiger partial charge in [0.05, 0.1) is 0 Å². The molecule has 0 bridgehead atoms. The predicted molar refractivity (Wildman–Crippen MR) is 117 cm³/mol. The Morgan fingerprint density at radius 3 is 2.61 bits per heavy atom. The summed E-state index contributed by atoms with van der Waals surface area (Å²) >= 11 is 3.43. The smallest absolute Gasteiger partial charge is 0.325 e. The molecule has 1 aliphatic heterocycles. The zero-order valence-electron chi connectivity index (χ0n) is 16.0. The maximum Gasteiger partial charge on any atom is 0.329 e. The van der Waals surface area contributed by atoms with Gasteiger partial charge in [-0.3, -0.25) is 9.59 Å². The SMILES string of the molecule is O=C(CN1C(=O)N/C(=C\c2cccn2-c2cccc(Br)c2)C1=O)Nc1ccc(F)cc1. The Balaban J connectivity index is 1.50. The summed E-state index contributed by atoms with van der Waals surface area (Å²) in [5.41, 5.74) is 1.98. The Kier molecular flexibility index (Phi) is 5.68. The first-order valence-electron chi connectivity index (χ1n) is 9.24. The van der Waals surface area contributed by atoms with Crippen molar-refractivity contribution in [3.63, 3.8) is 0 Å². The lowest BCUT2D eigenvalue weighted by molar-refractivity contribution is -0.127. The Morgan fingerprint density at radius 2 is 1.87 bits per heavy atom. The standard InChI is InChI=1S/C22H16BrFN4O3/c23-14-3-1-4-17(11-14)27-10-2-5-18(27)12-19-21(30)28(22(31)26-19)13-20(29)25-16-8-6-15(24)7-9-16/h1-12H,13H2,(H,25,29)(H,26,31)/b19-12-. The van der Waals surface area contributed by atoms with Crippen molar-refractivity contribution in [2.75, 3.05) is 11.9 Å². The van der Waals surface area contributed by atoms with Gasteiger partial charge in [0.2, 0.25) is 5.91 Å². The summed E-state index contributed by atoms with van der Waals surface area (Å²) in [7, 11) is 0. The molecule has 0 aliphatic carbocycles. The van der Waals surface area contributed by atoms with Gasteiger partial charge in [0, 0.05) is 27.7 Å². The minimum atomic E-state index is -0.689. The van der Waals surface area contributed by atoms with Crippen LogP contribution < -0.4 is 10.6 Å². The molecular weight excluding hydrogens is 467 g/mol. The van der Waals surface area contributed by atoms with E-state index >= 15 is 0 Å². The summed E-state index contributed by atoms with van der Waals surface area (Å²) in [4.78, 5) is 38.0. The monoisotopic (exact) mass is 482 g/mol. The van der Waals surface area contributed by atoms with Gasteiger partial charge in [-0.25, -0.2) is 14.1 Å². The maximum atomic E-state index is 13.0. The predicted octanol–water partition coefficient (Wildman–Crippen LogP) is 3.91. The molecule has 3 aromatic rings. The van der Waals surface area contributed by atoms with Crippen molar-refractivity contribution in [2.24, 2.45) is 0 Å². The van der Waals surface area contributed by atoms with Crippen molar-refractivity contribution in [1.29, 1.82) is 0 Å². The van der Waals surface area contributed by atoms with Crippen molar-refractivity contribution in [3.8, 4) is 5.69 Å². The molecule has 2 heterocycles. The van der Waals surface area contributed by atoms with Crippen LogP contribution in [0.25, 0.3) is 11.8 Å². The fraction of sp³-hybridized carbons (Fsp3) is 0.0455. The van der Waals surface area contributed by atoms with E-state index < -0.39 is 30.2 Å². The average molecular weight is 483 g/mol. The zero-order valence-corrected chi connectivity index (χ0v) is 17.6. The van der Waals surface area contributed by atoms with Gasteiger partial charge in [0.25, 0.3) is 5.91 Å². The number of nitrogens with one attached hydrogen (secondary N) is 2. The summed E-state index contributed by atoms with van der Waals surface area (Å²) in [5, 5.41) is 5.03. The number of hydrogen-bond acceptors (Lipinski definition) is 3. The van der Waals surface area contributed by atoms with E-state index in [0.29, 0.717) is 11.4 Å². The van der Waals surface area contributed by atoms with Crippen LogP contribution in [0.15, 0.2) is 77.0 Å². The zero-order chi connectivity index (χ0) is 22.0. The van der Waals surface area contributed by atoms with Crippen molar-refractivity contribution >= 4 is 45.5 Å². The number of halogens is 2. The molecule has 4 rings (SSSR count). The number of hydrogen-bond donors (Lipinski definition) is 2. The number of carbonyl (C=O) groups is 3. The van der Waals surface area contributed by atoms with Crippen LogP contribution in [0.4, 0.5) is 14.9 Å². The van der Waals surface area contributed by atoms with Gasteiger partial charge in [0.1, 0.15) is 18.1 Å². The lowest BCUT2D eigenvalue weighted by atomic mass is 10.2. The Bertz CT molecular complexity index is 1200. The molecule has 2 N–H and O–H groups in total. The van der Waals surface area contributed by atoms with E-state index in [4.69, 9.17) is 0 Å². The third-order valence-corrected chi connectivity index (χ3v) is 5.04. The van der Waals surface area contributed by atoms with Gasteiger partial charge in [-0.15, -0.1) is 0 Å². The first kappa shape index (κ1) is 20.5. The fourth-order valence-electron chi connectivity index (χ4n) is 3.11. The molecule has 0 saturated carbocycles. The van der Waals surface area contributed by atoms with Crippen LogP contribution in [-0.2, 0) is 9.59 Å². The van der Waals surface area contributed by atoms with Gasteiger partial charge in [-0.1, -0.05) is 22.0 Å². The Hall–Kier alpha value is -3.72. The molecule has 0 atom stereocenters. The second-order valence-electron chi connectivity index (χ2n) is 6.72. The number of aromatic nitrogens is 1. The molecule has 0 unspecified atom stereocenters. The molecule has 7 nitrogen and oxygen atoms in total. The molecule has 1 aromatic heterocycles. The van der Waals surface area contributed by atoms with E-state index in [-0.39, 0.29) is 5.70 Å². The minimum absolute atomic E-state index is 0.0644. The summed E-state index contributed by atoms with van der Waals surface area (Å²) in [6.45, 7) is -0.466. The quantitative estimate of drug-likeness (QED) is 0.427. The molecule has 4 amide bonds. The van der Waals surface area contributed by atoms with Crippen LogP contribution in [0.3, 0.4) is 0 Å². The van der Waals surface area contributed by atoms with Crippen LogP contribution >= 0.6 is 15.9 Å². The largest absolute Gasteiger partial charge is 0.329 e. The lowest BCUT2D eigenvalue weighted by Gasteiger charge is -2.12. The summed E-state index contributed by atoms with van der Waals surface area (Å²) < 4.78 is 15.7. The fourth-order valence-corrected chi connectivity index (χ4v) is 3.50. The number of nitrogens with zero attached hydrogens (tertiary/aromatic N) is 2. The third kappa shape index (κ3) is 4.56. The molecular formula is C22H16BrFN4O3. The molecule has 1 fully saturated rings. The highest BCUT2D eigenvalue weighted by molar-refractivity contribution is 9.10. The maximum absolute atomic E-state index is 13.0. The van der Waals surface area contributed by atoms with Gasteiger partial charge < -0.3 is 15.2 Å². The van der Waals surface area contributed by atoms with Crippen molar-refractivity contribution in [3.05, 3.63) is 88.5 Å². The van der Waals surface area contributed by atoms with Gasteiger partial charge in [-0.05, 0) is 60.7 Å². The third-order valence-electron chi connectivity index (χ3n) is 4.55. The van der Waals surface area contributed by atoms with Gasteiger partial charge in [0.15, 0.2) is 0 Å². The Labute approximate surface area is 185 Å². The van der Waals surface area contributed by atoms with Gasteiger partial charge >= 0.3 is 6.03 Å². The number of imide groups is 1. The number of rotatable bonds is 5. The Morgan fingerprint density at radius 1 is 1.10 bits per heavy atom. The second-order valence-corrected chi connectivity index (χ2v) is 7.63. The molecule has 9 heteroatoms. The van der Waals surface area contributed by atoms with Crippen LogP contribution in [0.2, 0.25) is 0 Å². The van der Waals surface area contributed by atoms with Crippen LogP contribution in [0, 0.1) is 5.82 Å². The number of benzene rings is 2.